The summed E-state index contributed by atoms with van der Waals surface area (Å²) in [4.78, 5) is 0. The monoisotopic (exact) mass is 162 g/mol. The third-order valence-electron chi connectivity index (χ3n) is 2.02. The zero-order valence-corrected chi connectivity index (χ0v) is 8.31. The van der Waals surface area contributed by atoms with E-state index in [1.54, 1.807) is 0 Å². The highest BCUT2D eigenvalue weighted by molar-refractivity contribution is 5.49. The Labute approximate surface area is 74.4 Å². The van der Waals surface area contributed by atoms with Crippen molar-refractivity contribution in [3.8, 4) is 0 Å². The second kappa shape index (κ2) is 3.10. The first-order chi connectivity index (χ1) is 5.52. The van der Waals surface area contributed by atoms with Crippen molar-refractivity contribution in [3.63, 3.8) is 0 Å². The Morgan fingerprint density at radius 1 is 1.08 bits per heavy atom. The molecule has 12 heavy (non-hydrogen) atoms. The minimum atomic E-state index is 1.24. The summed E-state index contributed by atoms with van der Waals surface area (Å²) < 4.78 is 1.92. The Morgan fingerprint density at radius 2 is 1.50 bits per heavy atom. The number of nitrogens with zero attached hydrogens (tertiary/aromatic N) is 1. The molecule has 1 rings (SSSR count). The number of hydrogen-bond acceptors (Lipinski definition) is 0. The van der Waals surface area contributed by atoms with E-state index in [-0.39, 0.29) is 0 Å². The van der Waals surface area contributed by atoms with Crippen LogP contribution >= 0.6 is 0 Å². The van der Waals surface area contributed by atoms with Crippen LogP contribution in [0.15, 0.2) is 12.1 Å². The molecule has 0 fully saturated rings. The number of rotatable bonds is 1. The molecule has 0 bridgehead atoms. The van der Waals surface area contributed by atoms with Crippen molar-refractivity contribution in [1.29, 1.82) is 0 Å². The van der Waals surface area contributed by atoms with Crippen LogP contribution in [0.3, 0.4) is 0 Å². The van der Waals surface area contributed by atoms with Crippen molar-refractivity contribution in [2.75, 3.05) is 7.05 Å². The maximum absolute atomic E-state index is 3.89. The minimum absolute atomic E-state index is 1.24. The third kappa shape index (κ3) is 1.55. The maximum atomic E-state index is 3.89. The van der Waals surface area contributed by atoms with Gasteiger partial charge in [0.1, 0.15) is 13.8 Å². The van der Waals surface area contributed by atoms with Gasteiger partial charge in [0.25, 0.3) is 0 Å². The van der Waals surface area contributed by atoms with Crippen LogP contribution in [0.2, 0.25) is 0 Å². The molecule has 0 radical (unpaired) electrons. The molecule has 0 saturated heterocycles. The van der Waals surface area contributed by atoms with Crippen molar-refractivity contribution in [2.45, 2.75) is 20.8 Å². The average molecular weight is 162 g/mol. The lowest BCUT2D eigenvalue weighted by molar-refractivity contribution is -0.395. The van der Waals surface area contributed by atoms with Gasteiger partial charge in [-0.3, -0.25) is 0 Å². The summed E-state index contributed by atoms with van der Waals surface area (Å²) in [7, 11) is 1.98. The first kappa shape index (κ1) is 8.98. The van der Waals surface area contributed by atoms with Crippen molar-refractivity contribution < 1.29 is 4.58 Å². The van der Waals surface area contributed by atoms with Crippen LogP contribution in [0.4, 0.5) is 5.69 Å². The van der Waals surface area contributed by atoms with Crippen LogP contribution in [-0.4, -0.2) is 18.3 Å². The van der Waals surface area contributed by atoms with E-state index in [0.29, 0.717) is 0 Å². The summed E-state index contributed by atoms with van der Waals surface area (Å²) in [5.41, 5.74) is 5.14. The Bertz CT molecular complexity index is 301. The topological polar surface area (TPSA) is 3.01 Å². The molecule has 1 nitrogen and oxygen atoms in total. The first-order valence-electron chi connectivity index (χ1n) is 4.14. The molecule has 0 aromatic heterocycles. The van der Waals surface area contributed by atoms with Crippen molar-refractivity contribution in [2.24, 2.45) is 0 Å². The summed E-state index contributed by atoms with van der Waals surface area (Å²) in [6, 6.07) is 4.37. The fourth-order valence-corrected chi connectivity index (χ4v) is 1.77. The molecule has 1 heteroatoms. The SMILES string of the molecule is C=[N+](C)c1c(C)cc(C)cc1C. The Balaban J connectivity index is 3.38. The summed E-state index contributed by atoms with van der Waals surface area (Å²) in [5, 5.41) is 0. The number of hydrogen-bond donors (Lipinski definition) is 0. The second-order valence-electron chi connectivity index (χ2n) is 3.45. The van der Waals surface area contributed by atoms with Crippen LogP contribution in [0.1, 0.15) is 16.7 Å². The zero-order valence-electron chi connectivity index (χ0n) is 8.31. The van der Waals surface area contributed by atoms with Crippen LogP contribution in [-0.2, 0) is 0 Å². The molecule has 0 aliphatic heterocycles. The van der Waals surface area contributed by atoms with Gasteiger partial charge in [0.15, 0.2) is 0 Å². The second-order valence-corrected chi connectivity index (χ2v) is 3.45. The van der Waals surface area contributed by atoms with E-state index in [0.717, 1.165) is 0 Å². The van der Waals surface area contributed by atoms with Crippen LogP contribution in [0.25, 0.3) is 0 Å². The maximum Gasteiger partial charge on any atom is 0.210 e. The van der Waals surface area contributed by atoms with Crippen LogP contribution < -0.4 is 0 Å². The standard InChI is InChI=1S/C11H16N/c1-8-6-9(2)11(12(4)5)10(3)7-8/h6-7H,4H2,1-3,5H3/q+1. The van der Waals surface area contributed by atoms with Gasteiger partial charge in [-0.1, -0.05) is 5.56 Å². The molecule has 0 saturated carbocycles. The van der Waals surface area contributed by atoms with Gasteiger partial charge in [-0.25, -0.2) is 4.58 Å². The fraction of sp³-hybridized carbons (Fsp3) is 0.364. The van der Waals surface area contributed by atoms with Gasteiger partial charge < -0.3 is 0 Å². The highest BCUT2D eigenvalue weighted by atomic mass is 14.9. The molecular weight excluding hydrogens is 146 g/mol. The molecule has 1 aromatic carbocycles. The van der Waals surface area contributed by atoms with Gasteiger partial charge in [-0.2, -0.15) is 0 Å². The van der Waals surface area contributed by atoms with Crippen molar-refractivity contribution in [3.05, 3.63) is 28.8 Å². The molecule has 64 valence electrons. The molecule has 0 N–H and O–H groups in total. The summed E-state index contributed by atoms with van der Waals surface area (Å²) >= 11 is 0. The van der Waals surface area contributed by atoms with Gasteiger partial charge in [-0.05, 0) is 32.9 Å². The lowest BCUT2D eigenvalue weighted by atomic mass is 10.1. The van der Waals surface area contributed by atoms with Crippen molar-refractivity contribution >= 4 is 12.4 Å². The largest absolute Gasteiger partial charge is 0.210 e. The third-order valence-corrected chi connectivity index (χ3v) is 2.02. The minimum Gasteiger partial charge on any atom is -0.208 e. The number of aryl methyl sites for hydroxylation is 3. The predicted octanol–water partition coefficient (Wildman–Crippen LogP) is 2.59. The van der Waals surface area contributed by atoms with Gasteiger partial charge in [-0.15, -0.1) is 0 Å². The highest BCUT2D eigenvalue weighted by Crippen LogP contribution is 2.22. The first-order valence-corrected chi connectivity index (χ1v) is 4.14. The molecule has 1 aromatic rings. The van der Waals surface area contributed by atoms with E-state index in [2.05, 4.69) is 39.6 Å². The molecule has 0 heterocycles. The lowest BCUT2D eigenvalue weighted by Crippen LogP contribution is -1.98. The molecule has 0 amide bonds. The predicted molar refractivity (Wildman–Crippen MR) is 53.6 cm³/mol. The summed E-state index contributed by atoms with van der Waals surface area (Å²) in [6.45, 7) is 10.3. The smallest absolute Gasteiger partial charge is 0.208 e. The molecule has 0 unspecified atom stereocenters. The van der Waals surface area contributed by atoms with Gasteiger partial charge in [0, 0.05) is 11.1 Å². The number of benzene rings is 1. The summed E-state index contributed by atoms with van der Waals surface area (Å²) in [5.74, 6) is 0. The van der Waals surface area contributed by atoms with Gasteiger partial charge >= 0.3 is 0 Å². The normalized spacial score (nSPS) is 10.0. The fourth-order valence-electron chi connectivity index (χ4n) is 1.77. The quantitative estimate of drug-likeness (QED) is 0.441. The van der Waals surface area contributed by atoms with Crippen molar-refractivity contribution in [1.82, 2.24) is 0 Å². The Hall–Kier alpha value is -1.11. The molecular formula is C11H16N+. The summed E-state index contributed by atoms with van der Waals surface area (Å²) in [6.07, 6.45) is 0. The van der Waals surface area contributed by atoms with E-state index in [9.17, 15) is 0 Å². The Morgan fingerprint density at radius 3 is 1.83 bits per heavy atom. The Kier molecular flexibility index (Phi) is 2.32. The van der Waals surface area contributed by atoms with Gasteiger partial charge in [0.05, 0.1) is 0 Å². The molecule has 0 aliphatic rings. The lowest BCUT2D eigenvalue weighted by Gasteiger charge is -2.04. The van der Waals surface area contributed by atoms with E-state index in [4.69, 9.17) is 0 Å². The zero-order chi connectivity index (χ0) is 9.30. The van der Waals surface area contributed by atoms with E-state index < -0.39 is 0 Å². The van der Waals surface area contributed by atoms with Gasteiger partial charge in [0.2, 0.25) is 5.69 Å². The molecule has 0 aliphatic carbocycles. The van der Waals surface area contributed by atoms with Crippen LogP contribution in [0.5, 0.6) is 0 Å². The highest BCUT2D eigenvalue weighted by Gasteiger charge is 2.09. The van der Waals surface area contributed by atoms with E-state index in [1.807, 2.05) is 11.6 Å². The average Bonchev–Trinajstić information content (AvgIpc) is 1.82. The van der Waals surface area contributed by atoms with Crippen LogP contribution in [0, 0.1) is 20.8 Å². The van der Waals surface area contributed by atoms with E-state index >= 15 is 0 Å². The van der Waals surface area contributed by atoms with E-state index in [1.165, 1.54) is 22.4 Å². The molecule has 0 spiro atoms. The molecule has 0 atom stereocenters.